The van der Waals surface area contributed by atoms with Gasteiger partial charge in [-0.3, -0.25) is 0 Å². The van der Waals surface area contributed by atoms with Crippen molar-refractivity contribution in [3.63, 3.8) is 0 Å². The topological polar surface area (TPSA) is 61.1 Å². The molecule has 0 rings (SSSR count). The van der Waals surface area contributed by atoms with Crippen molar-refractivity contribution in [3.05, 3.63) is 10.6 Å². The van der Waals surface area contributed by atoms with Gasteiger partial charge in [-0.25, -0.2) is 4.79 Å². The van der Waals surface area contributed by atoms with Crippen LogP contribution < -0.4 is 0 Å². The highest BCUT2D eigenvalue weighted by atomic mass is 35.5. The van der Waals surface area contributed by atoms with Gasteiger partial charge in [0, 0.05) is 5.03 Å². The van der Waals surface area contributed by atoms with Crippen LogP contribution in [0.4, 0.5) is 0 Å². The van der Waals surface area contributed by atoms with E-state index in [0.29, 0.717) is 0 Å². The summed E-state index contributed by atoms with van der Waals surface area (Å²) >= 11 is 5.55. The van der Waals surface area contributed by atoms with E-state index in [1.54, 1.807) is 13.8 Å². The van der Waals surface area contributed by atoms with Crippen molar-refractivity contribution in [1.82, 2.24) is 0 Å². The molecule has 11 heavy (non-hydrogen) atoms. The van der Waals surface area contributed by atoms with E-state index >= 15 is 0 Å². The Morgan fingerprint density at radius 1 is 1.64 bits per heavy atom. The molecule has 0 amide bonds. The molecule has 0 saturated heterocycles. The van der Waals surface area contributed by atoms with E-state index in [0.717, 1.165) is 0 Å². The minimum atomic E-state index is -1.27. The predicted octanol–water partition coefficient (Wildman–Crippen LogP) is 1.74. The van der Waals surface area contributed by atoms with Crippen LogP contribution in [0.1, 0.15) is 13.8 Å². The van der Waals surface area contributed by atoms with E-state index in [1.807, 2.05) is 0 Å². The molecule has 0 aliphatic carbocycles. The summed E-state index contributed by atoms with van der Waals surface area (Å²) in [5.74, 6) is -1.39. The van der Waals surface area contributed by atoms with E-state index in [9.17, 15) is 4.79 Å². The number of nitriles is 1. The monoisotopic (exact) mass is 173 g/mol. The highest BCUT2D eigenvalue weighted by Crippen LogP contribution is 2.18. The van der Waals surface area contributed by atoms with Crippen LogP contribution in [0.25, 0.3) is 0 Å². The van der Waals surface area contributed by atoms with Gasteiger partial charge in [-0.05, 0) is 5.92 Å². The standard InChI is InChI=1S/C7H8ClNO2/c1-4(2)6(8)5(3-9)7(10)11/h4H,1-2H3,(H,10,11)/b6-5-. The summed E-state index contributed by atoms with van der Waals surface area (Å²) < 4.78 is 0. The number of carboxylic acids is 1. The number of halogens is 1. The van der Waals surface area contributed by atoms with Gasteiger partial charge >= 0.3 is 5.97 Å². The highest BCUT2D eigenvalue weighted by Gasteiger charge is 2.14. The maximum Gasteiger partial charge on any atom is 0.347 e. The number of carboxylic acid groups (broad SMARTS) is 1. The van der Waals surface area contributed by atoms with Crippen LogP contribution in [-0.2, 0) is 4.79 Å². The van der Waals surface area contributed by atoms with Crippen LogP contribution in [0.2, 0.25) is 0 Å². The van der Waals surface area contributed by atoms with Gasteiger partial charge < -0.3 is 5.11 Å². The van der Waals surface area contributed by atoms with Crippen molar-refractivity contribution in [3.8, 4) is 6.07 Å². The van der Waals surface area contributed by atoms with Gasteiger partial charge in [0.2, 0.25) is 0 Å². The number of hydrogen-bond acceptors (Lipinski definition) is 2. The molecule has 0 aliphatic heterocycles. The summed E-state index contributed by atoms with van der Waals surface area (Å²) in [6.45, 7) is 3.45. The first-order chi connectivity index (χ1) is 5.00. The largest absolute Gasteiger partial charge is 0.477 e. The molecule has 1 N–H and O–H groups in total. The lowest BCUT2D eigenvalue weighted by molar-refractivity contribution is -0.132. The fourth-order valence-corrected chi connectivity index (χ4v) is 0.615. The van der Waals surface area contributed by atoms with Crippen molar-refractivity contribution in [1.29, 1.82) is 5.26 Å². The van der Waals surface area contributed by atoms with E-state index in [-0.39, 0.29) is 16.5 Å². The average molecular weight is 174 g/mol. The predicted molar refractivity (Wildman–Crippen MR) is 41.0 cm³/mol. The van der Waals surface area contributed by atoms with Gasteiger partial charge in [-0.1, -0.05) is 25.4 Å². The lowest BCUT2D eigenvalue weighted by Crippen LogP contribution is -2.03. The van der Waals surface area contributed by atoms with Crippen LogP contribution in [-0.4, -0.2) is 11.1 Å². The van der Waals surface area contributed by atoms with Gasteiger partial charge in [-0.2, -0.15) is 5.26 Å². The van der Waals surface area contributed by atoms with Crippen LogP contribution in [0, 0.1) is 17.2 Å². The van der Waals surface area contributed by atoms with Crippen molar-refractivity contribution in [2.24, 2.45) is 5.92 Å². The molecule has 0 radical (unpaired) electrons. The molecular formula is C7H8ClNO2. The first kappa shape index (κ1) is 9.99. The van der Waals surface area contributed by atoms with E-state index in [4.69, 9.17) is 22.0 Å². The summed E-state index contributed by atoms with van der Waals surface area (Å²) in [6, 6.07) is 1.53. The first-order valence-electron chi connectivity index (χ1n) is 3.03. The summed E-state index contributed by atoms with van der Waals surface area (Å²) in [5, 5.41) is 16.9. The Morgan fingerprint density at radius 3 is 2.18 bits per heavy atom. The van der Waals surface area contributed by atoms with Crippen LogP contribution in [0.5, 0.6) is 0 Å². The third kappa shape index (κ3) is 2.60. The van der Waals surface area contributed by atoms with E-state index in [1.165, 1.54) is 6.07 Å². The molecule has 0 aromatic carbocycles. The fraction of sp³-hybridized carbons (Fsp3) is 0.429. The molecule has 0 fully saturated rings. The molecule has 0 aromatic rings. The van der Waals surface area contributed by atoms with Crippen molar-refractivity contribution in [2.75, 3.05) is 0 Å². The number of aliphatic carboxylic acids is 1. The number of allylic oxidation sites excluding steroid dienone is 1. The Kier molecular flexibility index (Phi) is 3.63. The molecule has 0 saturated carbocycles. The maximum atomic E-state index is 10.3. The van der Waals surface area contributed by atoms with Crippen molar-refractivity contribution < 1.29 is 9.90 Å². The smallest absolute Gasteiger partial charge is 0.347 e. The summed E-state index contributed by atoms with van der Waals surface area (Å²) in [4.78, 5) is 10.3. The van der Waals surface area contributed by atoms with E-state index < -0.39 is 5.97 Å². The second-order valence-electron chi connectivity index (χ2n) is 2.29. The molecule has 0 atom stereocenters. The Hall–Kier alpha value is -1.01. The summed E-state index contributed by atoms with van der Waals surface area (Å²) in [7, 11) is 0. The van der Waals surface area contributed by atoms with Crippen molar-refractivity contribution in [2.45, 2.75) is 13.8 Å². The summed E-state index contributed by atoms with van der Waals surface area (Å²) in [6.07, 6.45) is 0. The van der Waals surface area contributed by atoms with Crippen LogP contribution >= 0.6 is 11.6 Å². The third-order valence-electron chi connectivity index (χ3n) is 1.07. The molecule has 0 aromatic heterocycles. The molecule has 0 unspecified atom stereocenters. The average Bonchev–Trinajstić information content (AvgIpc) is 1.88. The number of rotatable bonds is 2. The van der Waals surface area contributed by atoms with Gasteiger partial charge in [-0.15, -0.1) is 0 Å². The quantitative estimate of drug-likeness (QED) is 0.511. The van der Waals surface area contributed by atoms with Crippen LogP contribution in [0.15, 0.2) is 10.6 Å². The number of nitrogens with zero attached hydrogens (tertiary/aromatic N) is 1. The molecule has 60 valence electrons. The zero-order valence-electron chi connectivity index (χ0n) is 6.26. The Bertz CT molecular complexity index is 237. The summed E-state index contributed by atoms with van der Waals surface area (Å²) in [5.41, 5.74) is -0.373. The van der Waals surface area contributed by atoms with E-state index in [2.05, 4.69) is 0 Å². The Labute approximate surface area is 69.9 Å². The first-order valence-corrected chi connectivity index (χ1v) is 3.41. The van der Waals surface area contributed by atoms with Gasteiger partial charge in [0.15, 0.2) is 5.57 Å². The molecule has 0 heterocycles. The molecule has 3 nitrogen and oxygen atoms in total. The molecule has 0 bridgehead atoms. The second kappa shape index (κ2) is 3.99. The normalized spacial score (nSPS) is 12.3. The third-order valence-corrected chi connectivity index (χ3v) is 1.70. The van der Waals surface area contributed by atoms with Crippen LogP contribution in [0.3, 0.4) is 0 Å². The lowest BCUT2D eigenvalue weighted by Gasteiger charge is -2.01. The molecule has 0 spiro atoms. The number of hydrogen-bond donors (Lipinski definition) is 1. The zero-order chi connectivity index (χ0) is 9.02. The van der Waals surface area contributed by atoms with Gasteiger partial charge in [0.25, 0.3) is 0 Å². The minimum Gasteiger partial charge on any atom is -0.477 e. The van der Waals surface area contributed by atoms with Crippen molar-refractivity contribution >= 4 is 17.6 Å². The van der Waals surface area contributed by atoms with Gasteiger partial charge in [0.05, 0.1) is 0 Å². The second-order valence-corrected chi connectivity index (χ2v) is 2.70. The minimum absolute atomic E-state index is 0.0972. The zero-order valence-corrected chi connectivity index (χ0v) is 7.01. The fourth-order valence-electron chi connectivity index (χ4n) is 0.492. The van der Waals surface area contributed by atoms with Gasteiger partial charge in [0.1, 0.15) is 6.07 Å². The molecule has 4 heteroatoms. The molecular weight excluding hydrogens is 166 g/mol. The lowest BCUT2D eigenvalue weighted by atomic mass is 10.1. The number of carbonyl (C=O) groups is 1. The SMILES string of the molecule is CC(C)/C(Cl)=C(\C#N)C(=O)O. The molecule has 0 aliphatic rings. The Morgan fingerprint density at radius 2 is 2.09 bits per heavy atom. The maximum absolute atomic E-state index is 10.3. The Balaban J connectivity index is 4.88. The highest BCUT2D eigenvalue weighted by molar-refractivity contribution is 6.32.